The molecule has 3 heteroatoms. The van der Waals surface area contributed by atoms with Crippen LogP contribution in [0.5, 0.6) is 0 Å². The summed E-state index contributed by atoms with van der Waals surface area (Å²) in [6.45, 7) is 5.04. The van der Waals surface area contributed by atoms with Crippen LogP contribution in [0.4, 0.5) is 0 Å². The maximum atomic E-state index is 9.40. The Hall–Kier alpha value is 0.210. The standard InChI is InChI=1S/C8H16ClNO/c1-7-6-10(5-3-9)4-2-8(7)11/h7-8,11H,2-6H2,1H3. The molecular formula is C8H16ClNO. The number of aliphatic hydroxyl groups is 1. The Labute approximate surface area is 73.1 Å². The van der Waals surface area contributed by atoms with Gasteiger partial charge in [-0.05, 0) is 12.3 Å². The SMILES string of the molecule is CC1CN(CCCl)CCC1O. The number of hydrogen-bond acceptors (Lipinski definition) is 2. The molecule has 2 atom stereocenters. The van der Waals surface area contributed by atoms with Crippen molar-refractivity contribution in [2.75, 3.05) is 25.5 Å². The van der Waals surface area contributed by atoms with E-state index in [2.05, 4.69) is 11.8 Å². The first-order valence-electron chi connectivity index (χ1n) is 4.20. The van der Waals surface area contributed by atoms with E-state index in [1.807, 2.05) is 0 Å². The molecule has 0 radical (unpaired) electrons. The zero-order valence-corrected chi connectivity index (χ0v) is 7.72. The highest BCUT2D eigenvalue weighted by Crippen LogP contribution is 2.15. The minimum Gasteiger partial charge on any atom is -0.393 e. The van der Waals surface area contributed by atoms with Crippen LogP contribution in [0.1, 0.15) is 13.3 Å². The smallest absolute Gasteiger partial charge is 0.0590 e. The molecule has 1 aliphatic rings. The van der Waals surface area contributed by atoms with Gasteiger partial charge < -0.3 is 10.0 Å². The van der Waals surface area contributed by atoms with Crippen molar-refractivity contribution in [3.05, 3.63) is 0 Å². The summed E-state index contributed by atoms with van der Waals surface area (Å²) >= 11 is 5.61. The van der Waals surface area contributed by atoms with Crippen LogP contribution in [0.15, 0.2) is 0 Å². The van der Waals surface area contributed by atoms with Crippen molar-refractivity contribution < 1.29 is 5.11 Å². The molecule has 1 aliphatic heterocycles. The van der Waals surface area contributed by atoms with Gasteiger partial charge >= 0.3 is 0 Å². The number of halogens is 1. The van der Waals surface area contributed by atoms with Gasteiger partial charge in [0.15, 0.2) is 0 Å². The molecule has 1 heterocycles. The first-order valence-corrected chi connectivity index (χ1v) is 4.74. The Morgan fingerprint density at radius 3 is 2.91 bits per heavy atom. The number of alkyl halides is 1. The van der Waals surface area contributed by atoms with E-state index < -0.39 is 0 Å². The Bertz CT molecular complexity index is 121. The quantitative estimate of drug-likeness (QED) is 0.635. The van der Waals surface area contributed by atoms with Crippen molar-refractivity contribution in [2.24, 2.45) is 5.92 Å². The summed E-state index contributed by atoms with van der Waals surface area (Å²) in [5, 5.41) is 9.40. The molecule has 1 saturated heterocycles. The maximum Gasteiger partial charge on any atom is 0.0590 e. The molecule has 2 unspecified atom stereocenters. The largest absolute Gasteiger partial charge is 0.393 e. The molecule has 11 heavy (non-hydrogen) atoms. The normalized spacial score (nSPS) is 34.1. The molecule has 0 bridgehead atoms. The van der Waals surface area contributed by atoms with Gasteiger partial charge in [-0.25, -0.2) is 0 Å². The molecule has 0 spiro atoms. The second-order valence-corrected chi connectivity index (χ2v) is 3.70. The third kappa shape index (κ3) is 2.62. The van der Waals surface area contributed by atoms with Gasteiger partial charge in [-0.2, -0.15) is 0 Å². The Kier molecular flexibility index (Phi) is 3.63. The van der Waals surface area contributed by atoms with Crippen LogP contribution < -0.4 is 0 Å². The summed E-state index contributed by atoms with van der Waals surface area (Å²) in [5.74, 6) is 1.11. The molecule has 0 aliphatic carbocycles. The molecular weight excluding hydrogens is 162 g/mol. The fourth-order valence-corrected chi connectivity index (χ4v) is 1.78. The lowest BCUT2D eigenvalue weighted by Gasteiger charge is -2.33. The Morgan fingerprint density at radius 1 is 1.64 bits per heavy atom. The number of piperidine rings is 1. The lowest BCUT2D eigenvalue weighted by molar-refractivity contribution is 0.0375. The van der Waals surface area contributed by atoms with E-state index in [4.69, 9.17) is 11.6 Å². The number of nitrogens with zero attached hydrogens (tertiary/aromatic N) is 1. The monoisotopic (exact) mass is 177 g/mol. The van der Waals surface area contributed by atoms with Crippen molar-refractivity contribution in [1.29, 1.82) is 0 Å². The Morgan fingerprint density at radius 2 is 2.36 bits per heavy atom. The molecule has 1 rings (SSSR count). The van der Waals surface area contributed by atoms with Crippen LogP contribution in [-0.4, -0.2) is 41.6 Å². The van der Waals surface area contributed by atoms with Crippen LogP contribution in [0.25, 0.3) is 0 Å². The van der Waals surface area contributed by atoms with Gasteiger partial charge in [0.05, 0.1) is 6.10 Å². The molecule has 1 N–H and O–H groups in total. The minimum absolute atomic E-state index is 0.0958. The lowest BCUT2D eigenvalue weighted by Crippen LogP contribution is -2.42. The van der Waals surface area contributed by atoms with Gasteiger partial charge in [0.25, 0.3) is 0 Å². The predicted molar refractivity (Wildman–Crippen MR) is 46.9 cm³/mol. The summed E-state index contributed by atoms with van der Waals surface area (Å²) in [6, 6.07) is 0. The highest BCUT2D eigenvalue weighted by atomic mass is 35.5. The van der Waals surface area contributed by atoms with E-state index in [9.17, 15) is 5.11 Å². The van der Waals surface area contributed by atoms with Crippen molar-refractivity contribution in [3.8, 4) is 0 Å². The summed E-state index contributed by atoms with van der Waals surface area (Å²) in [4.78, 5) is 2.31. The van der Waals surface area contributed by atoms with Crippen LogP contribution in [-0.2, 0) is 0 Å². The van der Waals surface area contributed by atoms with Crippen molar-refractivity contribution >= 4 is 11.6 Å². The second-order valence-electron chi connectivity index (χ2n) is 3.32. The lowest BCUT2D eigenvalue weighted by atomic mass is 9.97. The number of rotatable bonds is 2. The van der Waals surface area contributed by atoms with Crippen molar-refractivity contribution in [3.63, 3.8) is 0 Å². The third-order valence-electron chi connectivity index (χ3n) is 2.34. The first kappa shape index (κ1) is 9.30. The van der Waals surface area contributed by atoms with E-state index in [1.54, 1.807) is 0 Å². The molecule has 2 nitrogen and oxygen atoms in total. The molecule has 0 aromatic rings. The van der Waals surface area contributed by atoms with Crippen molar-refractivity contribution in [2.45, 2.75) is 19.4 Å². The third-order valence-corrected chi connectivity index (χ3v) is 2.51. The fraction of sp³-hybridized carbons (Fsp3) is 1.00. The van der Waals surface area contributed by atoms with Gasteiger partial charge in [-0.3, -0.25) is 0 Å². The van der Waals surface area contributed by atoms with E-state index >= 15 is 0 Å². The van der Waals surface area contributed by atoms with E-state index in [1.165, 1.54) is 0 Å². The van der Waals surface area contributed by atoms with Gasteiger partial charge in [-0.15, -0.1) is 11.6 Å². The Balaban J connectivity index is 2.28. The van der Waals surface area contributed by atoms with E-state index in [-0.39, 0.29) is 6.10 Å². The van der Waals surface area contributed by atoms with Crippen LogP contribution in [0, 0.1) is 5.92 Å². The highest BCUT2D eigenvalue weighted by molar-refractivity contribution is 6.18. The number of hydrogen-bond donors (Lipinski definition) is 1. The predicted octanol–water partition coefficient (Wildman–Crippen LogP) is 0.928. The molecule has 1 fully saturated rings. The molecule has 0 saturated carbocycles. The number of likely N-dealkylation sites (tertiary alicyclic amines) is 1. The molecule has 0 aromatic carbocycles. The summed E-state index contributed by atoms with van der Waals surface area (Å²) < 4.78 is 0. The van der Waals surface area contributed by atoms with Crippen LogP contribution in [0.2, 0.25) is 0 Å². The van der Waals surface area contributed by atoms with Crippen LogP contribution >= 0.6 is 11.6 Å². The zero-order valence-electron chi connectivity index (χ0n) is 6.96. The van der Waals surface area contributed by atoms with Crippen molar-refractivity contribution in [1.82, 2.24) is 4.90 Å². The highest BCUT2D eigenvalue weighted by Gasteiger charge is 2.23. The molecule has 0 aromatic heterocycles. The summed E-state index contributed by atoms with van der Waals surface area (Å²) in [7, 11) is 0. The molecule has 0 amide bonds. The van der Waals surface area contributed by atoms with E-state index in [0.29, 0.717) is 11.8 Å². The first-order chi connectivity index (χ1) is 5.24. The summed E-state index contributed by atoms with van der Waals surface area (Å²) in [6.07, 6.45) is 0.805. The number of aliphatic hydroxyl groups excluding tert-OH is 1. The van der Waals surface area contributed by atoms with Gasteiger partial charge in [-0.1, -0.05) is 6.92 Å². The van der Waals surface area contributed by atoms with Crippen LogP contribution in [0.3, 0.4) is 0 Å². The average Bonchev–Trinajstić information content (AvgIpc) is 1.98. The topological polar surface area (TPSA) is 23.5 Å². The zero-order chi connectivity index (χ0) is 8.27. The molecule has 66 valence electrons. The average molecular weight is 178 g/mol. The fourth-order valence-electron chi connectivity index (χ4n) is 1.54. The van der Waals surface area contributed by atoms with Gasteiger partial charge in [0, 0.05) is 25.5 Å². The van der Waals surface area contributed by atoms with E-state index in [0.717, 1.165) is 26.1 Å². The van der Waals surface area contributed by atoms with Gasteiger partial charge in [0.1, 0.15) is 0 Å². The van der Waals surface area contributed by atoms with Gasteiger partial charge in [0.2, 0.25) is 0 Å². The minimum atomic E-state index is -0.0958. The maximum absolute atomic E-state index is 9.40. The summed E-state index contributed by atoms with van der Waals surface area (Å²) in [5.41, 5.74) is 0. The second kappa shape index (κ2) is 4.29.